The molecule has 2 aliphatic rings. The molecule has 0 aliphatic carbocycles. The van der Waals surface area contributed by atoms with Gasteiger partial charge < -0.3 is 20.6 Å². The van der Waals surface area contributed by atoms with E-state index in [9.17, 15) is 9.90 Å². The number of carbonyl (C=O) groups excluding carboxylic acids is 1. The highest BCUT2D eigenvalue weighted by atomic mass is 35.5. The van der Waals surface area contributed by atoms with E-state index in [0.29, 0.717) is 43.6 Å². The van der Waals surface area contributed by atoms with Gasteiger partial charge in [0, 0.05) is 56.3 Å². The molecule has 1 amide bonds. The van der Waals surface area contributed by atoms with Crippen LogP contribution in [-0.2, 0) is 17.8 Å². The summed E-state index contributed by atoms with van der Waals surface area (Å²) < 4.78 is 0. The summed E-state index contributed by atoms with van der Waals surface area (Å²) in [5, 5.41) is 9.71. The highest BCUT2D eigenvalue weighted by Crippen LogP contribution is 2.42. The van der Waals surface area contributed by atoms with Gasteiger partial charge >= 0.3 is 0 Å². The van der Waals surface area contributed by atoms with E-state index in [-0.39, 0.29) is 30.3 Å². The number of amides is 1. The quantitative estimate of drug-likeness (QED) is 0.640. The second-order valence-electron chi connectivity index (χ2n) is 8.91. The Morgan fingerprint density at radius 3 is 2.78 bits per heavy atom. The Balaban J connectivity index is 1.59. The minimum Gasteiger partial charge on any atom is -0.396 e. The molecule has 4 rings (SSSR count). The van der Waals surface area contributed by atoms with Gasteiger partial charge in [-0.2, -0.15) is 4.98 Å². The second-order valence-corrected chi connectivity index (χ2v) is 9.27. The number of nitrogens with zero attached hydrogens (tertiary/aromatic N) is 5. The summed E-state index contributed by atoms with van der Waals surface area (Å²) in [4.78, 5) is 30.3. The molecule has 2 aromatic heterocycles. The zero-order chi connectivity index (χ0) is 23.0. The number of fused-ring (bicyclic) bond motifs is 1. The first-order valence-electron chi connectivity index (χ1n) is 11.2. The lowest BCUT2D eigenvalue weighted by atomic mass is 9.99. The molecule has 0 aromatic carbocycles. The SMILES string of the molecule is CCc1c(C)cnc(CN2CC(CC(=O)N3CCC(CO)C3)c3c(Cl)nc(N)nc32)c1C. The van der Waals surface area contributed by atoms with E-state index in [1.807, 2.05) is 11.1 Å². The minimum atomic E-state index is -0.116. The van der Waals surface area contributed by atoms with Crippen molar-refractivity contribution < 1.29 is 9.90 Å². The van der Waals surface area contributed by atoms with Crippen LogP contribution in [0.3, 0.4) is 0 Å². The summed E-state index contributed by atoms with van der Waals surface area (Å²) in [6.07, 6.45) is 4.04. The summed E-state index contributed by atoms with van der Waals surface area (Å²) in [5.41, 5.74) is 11.4. The van der Waals surface area contributed by atoms with Crippen LogP contribution in [0, 0.1) is 19.8 Å². The predicted octanol–water partition coefficient (Wildman–Crippen LogP) is 2.62. The lowest BCUT2D eigenvalue weighted by Gasteiger charge is -2.22. The first kappa shape index (κ1) is 22.7. The lowest BCUT2D eigenvalue weighted by Crippen LogP contribution is -2.31. The zero-order valence-electron chi connectivity index (χ0n) is 18.9. The number of pyridine rings is 1. The number of nitrogen functional groups attached to an aromatic ring is 1. The number of carbonyl (C=O) groups is 1. The van der Waals surface area contributed by atoms with E-state index in [1.54, 1.807) is 0 Å². The van der Waals surface area contributed by atoms with Crippen molar-refractivity contribution in [3.63, 3.8) is 0 Å². The highest BCUT2D eigenvalue weighted by molar-refractivity contribution is 6.30. The average Bonchev–Trinajstić information content (AvgIpc) is 3.36. The minimum absolute atomic E-state index is 0.0737. The molecule has 0 radical (unpaired) electrons. The van der Waals surface area contributed by atoms with Crippen LogP contribution >= 0.6 is 11.6 Å². The molecule has 1 fully saturated rings. The van der Waals surface area contributed by atoms with Gasteiger partial charge in [0.25, 0.3) is 0 Å². The number of rotatable bonds is 6. The van der Waals surface area contributed by atoms with E-state index >= 15 is 0 Å². The van der Waals surface area contributed by atoms with E-state index in [0.717, 1.165) is 24.1 Å². The molecule has 0 bridgehead atoms. The number of aromatic nitrogens is 3. The number of likely N-dealkylation sites (tertiary alicyclic amines) is 1. The molecule has 9 heteroatoms. The summed E-state index contributed by atoms with van der Waals surface area (Å²) >= 11 is 6.50. The summed E-state index contributed by atoms with van der Waals surface area (Å²) in [6, 6.07) is 0. The molecule has 2 aromatic rings. The molecular formula is C23H31ClN6O2. The lowest BCUT2D eigenvalue weighted by molar-refractivity contribution is -0.130. The Morgan fingerprint density at radius 2 is 2.09 bits per heavy atom. The Morgan fingerprint density at radius 1 is 1.31 bits per heavy atom. The zero-order valence-corrected chi connectivity index (χ0v) is 19.7. The van der Waals surface area contributed by atoms with Crippen molar-refractivity contribution in [2.24, 2.45) is 5.92 Å². The van der Waals surface area contributed by atoms with Crippen LogP contribution in [0.5, 0.6) is 0 Å². The summed E-state index contributed by atoms with van der Waals surface area (Å²) in [5.74, 6) is 0.940. The fourth-order valence-electron chi connectivity index (χ4n) is 5.04. The Bertz CT molecular complexity index is 1030. The van der Waals surface area contributed by atoms with Gasteiger partial charge in [-0.05, 0) is 43.4 Å². The number of aliphatic hydroxyl groups is 1. The van der Waals surface area contributed by atoms with Gasteiger partial charge in [0.2, 0.25) is 11.9 Å². The van der Waals surface area contributed by atoms with Crippen molar-refractivity contribution >= 4 is 29.3 Å². The Hall–Kier alpha value is -2.45. The molecule has 1 saturated heterocycles. The smallest absolute Gasteiger partial charge is 0.223 e. The largest absolute Gasteiger partial charge is 0.396 e. The van der Waals surface area contributed by atoms with E-state index < -0.39 is 0 Å². The van der Waals surface area contributed by atoms with Crippen LogP contribution in [0.15, 0.2) is 6.20 Å². The Kier molecular flexibility index (Phi) is 6.53. The van der Waals surface area contributed by atoms with Crippen LogP contribution in [0.4, 0.5) is 11.8 Å². The maximum atomic E-state index is 13.0. The molecule has 2 aliphatic heterocycles. The fourth-order valence-corrected chi connectivity index (χ4v) is 5.37. The maximum absolute atomic E-state index is 13.0. The normalized spacial score (nSPS) is 20.2. The van der Waals surface area contributed by atoms with Crippen LogP contribution < -0.4 is 10.6 Å². The Labute approximate surface area is 193 Å². The van der Waals surface area contributed by atoms with E-state index in [2.05, 4.69) is 40.6 Å². The number of hydrogen-bond acceptors (Lipinski definition) is 7. The summed E-state index contributed by atoms with van der Waals surface area (Å²) in [6.45, 7) is 8.93. The van der Waals surface area contributed by atoms with Crippen molar-refractivity contribution in [1.82, 2.24) is 19.9 Å². The molecule has 0 spiro atoms. The third-order valence-corrected chi connectivity index (χ3v) is 7.12. The second kappa shape index (κ2) is 9.19. The van der Waals surface area contributed by atoms with Crippen molar-refractivity contribution in [2.45, 2.75) is 52.5 Å². The standard InChI is InChI=1S/C23H31ClN6O2/c1-4-17-13(2)8-26-18(14(17)3)11-30-10-16(20-21(24)27-23(25)28-22(20)30)7-19(32)29-6-5-15(9-29)12-31/h8,15-16,31H,4-7,9-12H2,1-3H3,(H2,25,27,28). The predicted molar refractivity (Wildman–Crippen MR) is 125 cm³/mol. The van der Waals surface area contributed by atoms with Crippen LogP contribution in [0.2, 0.25) is 5.15 Å². The van der Waals surface area contributed by atoms with Gasteiger partial charge in [-0.1, -0.05) is 18.5 Å². The molecule has 3 N–H and O–H groups in total. The molecular weight excluding hydrogens is 428 g/mol. The average molecular weight is 459 g/mol. The fraction of sp³-hybridized carbons (Fsp3) is 0.565. The molecule has 4 heterocycles. The van der Waals surface area contributed by atoms with E-state index in [4.69, 9.17) is 17.3 Å². The molecule has 2 atom stereocenters. The number of halogens is 1. The van der Waals surface area contributed by atoms with Gasteiger partial charge in [-0.3, -0.25) is 9.78 Å². The molecule has 172 valence electrons. The third-order valence-electron chi connectivity index (χ3n) is 6.83. The molecule has 0 saturated carbocycles. The number of nitrogens with two attached hydrogens (primary N) is 1. The number of aliphatic hydroxyl groups excluding tert-OH is 1. The summed E-state index contributed by atoms with van der Waals surface area (Å²) in [7, 11) is 0. The molecule has 32 heavy (non-hydrogen) atoms. The number of aryl methyl sites for hydroxylation is 1. The van der Waals surface area contributed by atoms with Crippen LogP contribution in [-0.4, -0.2) is 57.1 Å². The van der Waals surface area contributed by atoms with Gasteiger partial charge in [-0.25, -0.2) is 4.98 Å². The number of anilines is 2. The highest BCUT2D eigenvalue weighted by Gasteiger charge is 2.37. The van der Waals surface area contributed by atoms with Gasteiger partial charge in [0.15, 0.2) is 0 Å². The number of hydrogen-bond donors (Lipinski definition) is 2. The van der Waals surface area contributed by atoms with Crippen molar-refractivity contribution in [3.05, 3.63) is 39.3 Å². The van der Waals surface area contributed by atoms with Crippen molar-refractivity contribution in [2.75, 3.05) is 36.9 Å². The third kappa shape index (κ3) is 4.26. The first-order valence-corrected chi connectivity index (χ1v) is 11.6. The van der Waals surface area contributed by atoms with Gasteiger partial charge in [0.1, 0.15) is 11.0 Å². The van der Waals surface area contributed by atoms with Crippen molar-refractivity contribution in [1.29, 1.82) is 0 Å². The van der Waals surface area contributed by atoms with Gasteiger partial charge in [-0.15, -0.1) is 0 Å². The monoisotopic (exact) mass is 458 g/mol. The molecule has 2 unspecified atom stereocenters. The van der Waals surface area contributed by atoms with Crippen LogP contribution in [0.25, 0.3) is 0 Å². The van der Waals surface area contributed by atoms with Crippen LogP contribution in [0.1, 0.15) is 53.6 Å². The molecule has 8 nitrogen and oxygen atoms in total. The van der Waals surface area contributed by atoms with Gasteiger partial charge in [0.05, 0.1) is 12.2 Å². The van der Waals surface area contributed by atoms with E-state index in [1.165, 1.54) is 16.7 Å². The van der Waals surface area contributed by atoms with Crippen molar-refractivity contribution in [3.8, 4) is 0 Å². The first-order chi connectivity index (χ1) is 15.3. The maximum Gasteiger partial charge on any atom is 0.223 e. The topological polar surface area (TPSA) is 108 Å².